The van der Waals surface area contributed by atoms with Gasteiger partial charge in [-0.15, -0.1) is 0 Å². The van der Waals surface area contributed by atoms with E-state index < -0.39 is 0 Å². The van der Waals surface area contributed by atoms with Crippen LogP contribution < -0.4 is 9.13 Å². The summed E-state index contributed by atoms with van der Waals surface area (Å²) in [5, 5.41) is 0. The molecular weight excluding hydrogens is 270 g/mol. The van der Waals surface area contributed by atoms with E-state index in [2.05, 4.69) is 95.8 Å². The zero-order chi connectivity index (χ0) is 15.5. The standard InChI is InChI=1S/C19H23N3/c1-20-12-5-4-8-16(20)14-18-9-6-10-19(22(18)3)15-17-11-7-13-21(17)2/h4-13H,14-15H2,1-3H3/q+2. The largest absolute Gasteiger partial charge is 0.354 e. The van der Waals surface area contributed by atoms with E-state index in [-0.39, 0.29) is 0 Å². The Bertz CT molecular complexity index is 787. The van der Waals surface area contributed by atoms with Gasteiger partial charge in [0, 0.05) is 43.2 Å². The molecule has 0 radical (unpaired) electrons. The molecule has 112 valence electrons. The third-order valence-electron chi connectivity index (χ3n) is 4.38. The molecule has 3 nitrogen and oxygen atoms in total. The van der Waals surface area contributed by atoms with Gasteiger partial charge >= 0.3 is 0 Å². The summed E-state index contributed by atoms with van der Waals surface area (Å²) in [7, 11) is 6.36. The van der Waals surface area contributed by atoms with Crippen molar-refractivity contribution in [3.05, 3.63) is 83.7 Å². The predicted octanol–water partition coefficient (Wildman–Crippen LogP) is 1.86. The summed E-state index contributed by atoms with van der Waals surface area (Å²) in [5.41, 5.74) is 5.30. The van der Waals surface area contributed by atoms with E-state index in [1.165, 1.54) is 22.8 Å². The van der Waals surface area contributed by atoms with Gasteiger partial charge in [-0.3, -0.25) is 0 Å². The lowest BCUT2D eigenvalue weighted by Gasteiger charge is -2.06. The lowest BCUT2D eigenvalue weighted by Crippen LogP contribution is -2.41. The Morgan fingerprint density at radius 1 is 0.818 bits per heavy atom. The number of aryl methyl sites for hydroxylation is 2. The van der Waals surface area contributed by atoms with Crippen molar-refractivity contribution < 1.29 is 9.13 Å². The van der Waals surface area contributed by atoms with Crippen molar-refractivity contribution in [2.45, 2.75) is 12.8 Å². The van der Waals surface area contributed by atoms with Gasteiger partial charge in [-0.25, -0.2) is 9.13 Å². The van der Waals surface area contributed by atoms with Crippen LogP contribution in [0.2, 0.25) is 0 Å². The van der Waals surface area contributed by atoms with E-state index in [0.29, 0.717) is 0 Å². The SMILES string of the molecule is Cn1cccc1Cc1cccc(Cc2cccc[n+]2C)[n+]1C. The molecule has 3 heterocycles. The number of nitrogens with zero attached hydrogens (tertiary/aromatic N) is 3. The fourth-order valence-electron chi connectivity index (χ4n) is 2.83. The summed E-state index contributed by atoms with van der Waals surface area (Å²) in [4.78, 5) is 0. The van der Waals surface area contributed by atoms with Crippen molar-refractivity contribution in [1.82, 2.24) is 4.57 Å². The van der Waals surface area contributed by atoms with Crippen LogP contribution in [0, 0.1) is 0 Å². The zero-order valence-electron chi connectivity index (χ0n) is 13.5. The molecule has 0 aliphatic heterocycles. The molecular formula is C19H23N3+2. The number of aromatic nitrogens is 3. The fourth-order valence-corrected chi connectivity index (χ4v) is 2.83. The van der Waals surface area contributed by atoms with Crippen molar-refractivity contribution in [3.8, 4) is 0 Å². The molecule has 0 aliphatic carbocycles. The average Bonchev–Trinajstić information content (AvgIpc) is 2.91. The molecule has 0 unspecified atom stereocenters. The maximum Gasteiger partial charge on any atom is 0.191 e. The Morgan fingerprint density at radius 3 is 2.23 bits per heavy atom. The first-order valence-corrected chi connectivity index (χ1v) is 7.65. The second-order valence-corrected chi connectivity index (χ2v) is 5.83. The van der Waals surface area contributed by atoms with Crippen LogP contribution in [0.3, 0.4) is 0 Å². The molecule has 3 aromatic rings. The molecule has 0 saturated heterocycles. The molecule has 3 heteroatoms. The molecule has 0 aliphatic rings. The van der Waals surface area contributed by atoms with Crippen molar-refractivity contribution in [3.63, 3.8) is 0 Å². The molecule has 0 atom stereocenters. The van der Waals surface area contributed by atoms with E-state index in [4.69, 9.17) is 0 Å². The van der Waals surface area contributed by atoms with Gasteiger partial charge in [0.2, 0.25) is 0 Å². The molecule has 3 rings (SSSR count). The fraction of sp³-hybridized carbons (Fsp3) is 0.263. The lowest BCUT2D eigenvalue weighted by atomic mass is 10.1. The summed E-state index contributed by atoms with van der Waals surface area (Å²) in [6, 6.07) is 17.2. The number of rotatable bonds is 4. The van der Waals surface area contributed by atoms with E-state index in [0.717, 1.165) is 12.8 Å². The molecule has 0 saturated carbocycles. The van der Waals surface area contributed by atoms with Crippen LogP contribution in [0.25, 0.3) is 0 Å². The van der Waals surface area contributed by atoms with Gasteiger partial charge in [0.15, 0.2) is 23.3 Å². The zero-order valence-corrected chi connectivity index (χ0v) is 13.5. The second kappa shape index (κ2) is 6.14. The maximum absolute atomic E-state index is 2.32. The highest BCUT2D eigenvalue weighted by molar-refractivity contribution is 5.16. The smallest absolute Gasteiger partial charge is 0.191 e. The van der Waals surface area contributed by atoms with Crippen LogP contribution in [0.1, 0.15) is 22.8 Å². The maximum atomic E-state index is 2.32. The van der Waals surface area contributed by atoms with Gasteiger partial charge in [-0.1, -0.05) is 6.07 Å². The van der Waals surface area contributed by atoms with Gasteiger partial charge in [0.05, 0.1) is 6.42 Å². The van der Waals surface area contributed by atoms with Crippen LogP contribution in [0.5, 0.6) is 0 Å². The van der Waals surface area contributed by atoms with Gasteiger partial charge in [-0.2, -0.15) is 0 Å². The van der Waals surface area contributed by atoms with Gasteiger partial charge in [-0.05, 0) is 18.2 Å². The minimum Gasteiger partial charge on any atom is -0.354 e. The summed E-state index contributed by atoms with van der Waals surface area (Å²) in [6.45, 7) is 0. The first-order valence-electron chi connectivity index (χ1n) is 7.65. The van der Waals surface area contributed by atoms with Gasteiger partial charge < -0.3 is 4.57 Å². The Hall–Kier alpha value is -2.42. The third-order valence-corrected chi connectivity index (χ3v) is 4.38. The van der Waals surface area contributed by atoms with Crippen molar-refractivity contribution in [2.24, 2.45) is 21.1 Å². The highest BCUT2D eigenvalue weighted by Crippen LogP contribution is 2.08. The van der Waals surface area contributed by atoms with Crippen molar-refractivity contribution >= 4 is 0 Å². The molecule has 3 aromatic heterocycles. The van der Waals surface area contributed by atoms with Crippen LogP contribution in [-0.2, 0) is 34.0 Å². The molecule has 0 amide bonds. The van der Waals surface area contributed by atoms with E-state index >= 15 is 0 Å². The highest BCUT2D eigenvalue weighted by Gasteiger charge is 2.17. The Morgan fingerprint density at radius 2 is 1.55 bits per heavy atom. The van der Waals surface area contributed by atoms with E-state index in [1.807, 2.05) is 0 Å². The summed E-state index contributed by atoms with van der Waals surface area (Å²) >= 11 is 0. The molecule has 0 N–H and O–H groups in total. The van der Waals surface area contributed by atoms with Crippen molar-refractivity contribution in [2.75, 3.05) is 0 Å². The molecule has 0 aromatic carbocycles. The lowest BCUT2D eigenvalue weighted by molar-refractivity contribution is -0.695. The second-order valence-electron chi connectivity index (χ2n) is 5.83. The van der Waals surface area contributed by atoms with Crippen LogP contribution >= 0.6 is 0 Å². The van der Waals surface area contributed by atoms with Crippen molar-refractivity contribution in [1.29, 1.82) is 0 Å². The van der Waals surface area contributed by atoms with E-state index in [9.17, 15) is 0 Å². The topological polar surface area (TPSA) is 12.7 Å². The van der Waals surface area contributed by atoms with Crippen LogP contribution in [0.4, 0.5) is 0 Å². The predicted molar refractivity (Wildman–Crippen MR) is 86.3 cm³/mol. The molecule has 0 bridgehead atoms. The quantitative estimate of drug-likeness (QED) is 0.651. The Balaban J connectivity index is 1.89. The summed E-state index contributed by atoms with van der Waals surface area (Å²) in [6.07, 6.45) is 6.09. The monoisotopic (exact) mass is 293 g/mol. The first-order chi connectivity index (χ1) is 10.6. The van der Waals surface area contributed by atoms with Crippen LogP contribution in [-0.4, -0.2) is 4.57 Å². The number of hydrogen-bond donors (Lipinski definition) is 0. The molecule has 0 spiro atoms. The Labute approximate surface area is 132 Å². The van der Waals surface area contributed by atoms with E-state index in [1.54, 1.807) is 0 Å². The molecule has 22 heavy (non-hydrogen) atoms. The molecule has 0 fully saturated rings. The van der Waals surface area contributed by atoms with Gasteiger partial charge in [0.1, 0.15) is 20.5 Å². The minimum atomic E-state index is 0.939. The highest BCUT2D eigenvalue weighted by atomic mass is 15.0. The summed E-state index contributed by atoms with van der Waals surface area (Å²) in [5.74, 6) is 0. The number of hydrogen-bond acceptors (Lipinski definition) is 0. The van der Waals surface area contributed by atoms with Crippen LogP contribution in [0.15, 0.2) is 60.9 Å². The Kier molecular flexibility index (Phi) is 4.05. The third kappa shape index (κ3) is 2.93. The number of pyridine rings is 2. The summed E-state index contributed by atoms with van der Waals surface area (Å²) < 4.78 is 6.69. The average molecular weight is 293 g/mol. The minimum absolute atomic E-state index is 0.939. The first kappa shape index (κ1) is 14.5. The normalized spacial score (nSPS) is 10.9. The van der Waals surface area contributed by atoms with Gasteiger partial charge in [0.25, 0.3) is 0 Å².